The molecule has 0 saturated heterocycles. The number of aliphatic hydroxyl groups is 2. The van der Waals surface area contributed by atoms with Crippen molar-refractivity contribution in [3.8, 4) is 0 Å². The van der Waals surface area contributed by atoms with Crippen molar-refractivity contribution < 1.29 is 50.8 Å². The minimum absolute atomic E-state index is 0.0236. The highest BCUT2D eigenvalue weighted by atomic mass is 32.2. The molecule has 0 spiro atoms. The average molecular weight is 691 g/mol. The van der Waals surface area contributed by atoms with Crippen LogP contribution in [0.15, 0.2) is 80.9 Å². The summed E-state index contributed by atoms with van der Waals surface area (Å²) in [5, 5.41) is 33.5. The number of carbonyl (C=O) groups excluding carboxylic acids is 1. The molecule has 13 nitrogen and oxygen atoms in total. The quantitative estimate of drug-likeness (QED) is 0.104. The molecule has 0 amide bonds. The van der Waals surface area contributed by atoms with Crippen molar-refractivity contribution in [2.24, 2.45) is 0 Å². The van der Waals surface area contributed by atoms with E-state index in [-0.39, 0.29) is 33.1 Å². The first-order chi connectivity index (χ1) is 21.8. The summed E-state index contributed by atoms with van der Waals surface area (Å²) in [5.41, 5.74) is 1.49. The molecule has 2 aliphatic heterocycles. The molecule has 254 valence electrons. The SMILES string of the molecule is CC1(C)/C(=C\C2=C(O)C(=C\C3Nc4ccc(S(=O)(=O)O)cc4C3(C)CCCCCC(=O)O)/C2=O)Nc2ccc(S(=O)(=O)O)cc21.CO. The molecule has 7 N–H and O–H groups in total. The number of carboxylic acids is 1. The highest BCUT2D eigenvalue weighted by Crippen LogP contribution is 2.48. The number of carbonyl (C=O) groups is 2. The van der Waals surface area contributed by atoms with Crippen molar-refractivity contribution in [2.45, 2.75) is 79.5 Å². The van der Waals surface area contributed by atoms with Gasteiger partial charge in [-0.05, 0) is 72.5 Å². The van der Waals surface area contributed by atoms with Crippen molar-refractivity contribution in [3.05, 3.63) is 82.3 Å². The minimum Gasteiger partial charge on any atom is -0.506 e. The highest BCUT2D eigenvalue weighted by molar-refractivity contribution is 7.86. The van der Waals surface area contributed by atoms with E-state index in [0.29, 0.717) is 53.9 Å². The second-order valence-corrected chi connectivity index (χ2v) is 15.2. The Morgan fingerprint density at radius 1 is 0.894 bits per heavy atom. The Labute approximate surface area is 273 Å². The Bertz CT molecular complexity index is 1940. The van der Waals surface area contributed by atoms with E-state index >= 15 is 0 Å². The van der Waals surface area contributed by atoms with Crippen LogP contribution in [0.2, 0.25) is 0 Å². The number of ketones is 1. The van der Waals surface area contributed by atoms with Crippen LogP contribution in [0, 0.1) is 0 Å². The van der Waals surface area contributed by atoms with Crippen LogP contribution >= 0.6 is 0 Å². The number of hydrogen-bond acceptors (Lipinski definition) is 10. The Hall–Kier alpha value is -4.02. The van der Waals surface area contributed by atoms with Gasteiger partial charge in [-0.3, -0.25) is 18.7 Å². The molecule has 0 fully saturated rings. The minimum atomic E-state index is -4.49. The second-order valence-electron chi connectivity index (χ2n) is 12.3. The third kappa shape index (κ3) is 6.85. The Morgan fingerprint density at radius 3 is 2.02 bits per heavy atom. The van der Waals surface area contributed by atoms with Crippen LogP contribution in [0.4, 0.5) is 11.4 Å². The van der Waals surface area contributed by atoms with Crippen molar-refractivity contribution in [3.63, 3.8) is 0 Å². The Morgan fingerprint density at radius 2 is 1.47 bits per heavy atom. The van der Waals surface area contributed by atoms with E-state index in [1.165, 1.54) is 42.5 Å². The van der Waals surface area contributed by atoms with Gasteiger partial charge in [0.25, 0.3) is 20.2 Å². The van der Waals surface area contributed by atoms with Gasteiger partial charge in [-0.15, -0.1) is 0 Å². The molecule has 2 atom stereocenters. The number of allylic oxidation sites excluding steroid dienone is 4. The van der Waals surface area contributed by atoms with E-state index in [1.54, 1.807) is 6.08 Å². The van der Waals surface area contributed by atoms with Gasteiger partial charge in [-0.2, -0.15) is 16.8 Å². The first-order valence-corrected chi connectivity index (χ1v) is 17.6. The molecule has 2 aromatic rings. The zero-order valence-corrected chi connectivity index (χ0v) is 27.9. The van der Waals surface area contributed by atoms with Crippen molar-refractivity contribution in [1.82, 2.24) is 0 Å². The van der Waals surface area contributed by atoms with E-state index in [9.17, 15) is 40.6 Å². The Balaban J connectivity index is 0.00000245. The summed E-state index contributed by atoms with van der Waals surface area (Å²) in [5.74, 6) is -1.55. The maximum absolute atomic E-state index is 13.4. The molecule has 0 bridgehead atoms. The lowest BCUT2D eigenvalue weighted by atomic mass is 9.72. The molecule has 0 saturated carbocycles. The van der Waals surface area contributed by atoms with Gasteiger partial charge < -0.3 is 26.0 Å². The van der Waals surface area contributed by atoms with Gasteiger partial charge in [0.05, 0.1) is 27.0 Å². The number of unbranched alkanes of at least 4 members (excludes halogenated alkanes) is 2. The fourth-order valence-corrected chi connectivity index (χ4v) is 7.27. The molecule has 2 aromatic carbocycles. The lowest BCUT2D eigenvalue weighted by Gasteiger charge is -2.32. The van der Waals surface area contributed by atoms with E-state index in [4.69, 9.17) is 10.2 Å². The first-order valence-electron chi connectivity index (χ1n) is 14.7. The third-order valence-corrected chi connectivity index (χ3v) is 10.7. The smallest absolute Gasteiger partial charge is 0.303 e. The number of nitrogens with one attached hydrogen (secondary N) is 2. The number of anilines is 2. The summed E-state index contributed by atoms with van der Waals surface area (Å²) in [7, 11) is -7.91. The molecule has 5 rings (SSSR count). The van der Waals surface area contributed by atoms with Crippen LogP contribution < -0.4 is 10.6 Å². The molecule has 1 aliphatic carbocycles. The molecule has 47 heavy (non-hydrogen) atoms. The normalized spacial score (nSPS) is 23.0. The van der Waals surface area contributed by atoms with Gasteiger partial charge in [0.15, 0.2) is 5.78 Å². The Kier molecular flexibility index (Phi) is 9.82. The lowest BCUT2D eigenvalue weighted by Crippen LogP contribution is -2.36. The molecule has 2 heterocycles. The number of hydrogen-bond donors (Lipinski definition) is 7. The number of benzene rings is 2. The van der Waals surface area contributed by atoms with E-state index in [2.05, 4.69) is 10.6 Å². The van der Waals surface area contributed by atoms with Crippen LogP contribution in [-0.2, 0) is 40.7 Å². The third-order valence-electron chi connectivity index (χ3n) is 9.01. The van der Waals surface area contributed by atoms with Crippen molar-refractivity contribution in [1.29, 1.82) is 0 Å². The fourth-order valence-electron chi connectivity index (χ4n) is 6.25. The fraction of sp³-hybridized carbons (Fsp3) is 0.375. The van der Waals surface area contributed by atoms with Gasteiger partial charge in [0, 0.05) is 41.4 Å². The number of rotatable bonds is 10. The average Bonchev–Trinajstić information content (AvgIpc) is 3.42. The first kappa shape index (κ1) is 35.8. The van der Waals surface area contributed by atoms with Crippen LogP contribution in [0.1, 0.15) is 64.0 Å². The van der Waals surface area contributed by atoms with Gasteiger partial charge in [0.2, 0.25) is 0 Å². The summed E-state index contributed by atoms with van der Waals surface area (Å²) in [6.07, 6.45) is 5.31. The molecule has 2 unspecified atom stereocenters. The number of aliphatic hydroxyl groups excluding tert-OH is 2. The van der Waals surface area contributed by atoms with Crippen LogP contribution in [0.25, 0.3) is 0 Å². The van der Waals surface area contributed by atoms with E-state index in [1.807, 2.05) is 20.8 Å². The molecular formula is C32H38N2O11S2. The maximum atomic E-state index is 13.4. The van der Waals surface area contributed by atoms with Gasteiger partial charge in [0.1, 0.15) is 5.76 Å². The maximum Gasteiger partial charge on any atom is 0.303 e. The predicted octanol–water partition coefficient (Wildman–Crippen LogP) is 4.48. The highest BCUT2D eigenvalue weighted by Gasteiger charge is 2.45. The number of aliphatic carboxylic acids is 1. The summed E-state index contributed by atoms with van der Waals surface area (Å²) in [4.78, 5) is 23.8. The number of carboxylic acid groups (broad SMARTS) is 1. The zero-order chi connectivity index (χ0) is 35.1. The molecule has 15 heteroatoms. The van der Waals surface area contributed by atoms with Crippen LogP contribution in [0.5, 0.6) is 0 Å². The van der Waals surface area contributed by atoms with Gasteiger partial charge >= 0.3 is 5.97 Å². The van der Waals surface area contributed by atoms with Crippen LogP contribution in [0.3, 0.4) is 0 Å². The number of Topliss-reactive ketones (excluding diaryl/α,β-unsaturated/α-hetero) is 1. The van der Waals surface area contributed by atoms with E-state index in [0.717, 1.165) is 7.11 Å². The zero-order valence-electron chi connectivity index (χ0n) is 26.2. The molecule has 0 radical (unpaired) electrons. The largest absolute Gasteiger partial charge is 0.506 e. The predicted molar refractivity (Wildman–Crippen MR) is 174 cm³/mol. The van der Waals surface area contributed by atoms with Crippen molar-refractivity contribution >= 4 is 43.4 Å². The molecular weight excluding hydrogens is 652 g/mol. The van der Waals surface area contributed by atoms with Crippen LogP contribution in [-0.4, -0.2) is 66.2 Å². The monoisotopic (exact) mass is 690 g/mol. The van der Waals surface area contributed by atoms with Gasteiger partial charge in [-0.25, -0.2) is 0 Å². The van der Waals surface area contributed by atoms with E-state index < -0.39 is 48.9 Å². The summed E-state index contributed by atoms with van der Waals surface area (Å²) >= 11 is 0. The second kappa shape index (κ2) is 12.9. The summed E-state index contributed by atoms with van der Waals surface area (Å²) in [6.45, 7) is 5.51. The van der Waals surface area contributed by atoms with Crippen molar-refractivity contribution in [2.75, 3.05) is 17.7 Å². The molecule has 0 aromatic heterocycles. The lowest BCUT2D eigenvalue weighted by molar-refractivity contribution is -0.137. The topological polar surface area (TPSA) is 228 Å². The molecule has 3 aliphatic rings. The number of fused-ring (bicyclic) bond motifs is 2. The summed E-state index contributed by atoms with van der Waals surface area (Å²) in [6, 6.07) is 7.78. The van der Waals surface area contributed by atoms with Gasteiger partial charge in [-0.1, -0.05) is 33.6 Å². The standard InChI is InChI=1S/C31H34N2O10S2.CH4O/c1-30(2)21-13-17(44(38,39)40)8-10-23(21)32-25(30)15-19-28(36)20(29(19)37)16-26-31(3,12-6-4-5-7-27(34)35)22-14-18(45(41,42)43)9-11-24(22)33-26;1-2/h8-11,13-16,26,32-33,36H,4-7,12H2,1-3H3,(H,34,35)(H,38,39,40)(H,41,42,43);2H,1H3/b20-16+,25-15+;. The summed E-state index contributed by atoms with van der Waals surface area (Å²) < 4.78 is 66.3.